The van der Waals surface area contributed by atoms with Gasteiger partial charge in [-0.2, -0.15) is 8.42 Å². The maximum Gasteiger partial charge on any atom is 0.323 e. The number of rotatable bonds is 6. The molecule has 3 saturated carbocycles. The van der Waals surface area contributed by atoms with Crippen molar-refractivity contribution in [2.45, 2.75) is 119 Å². The molecule has 168 valence electrons. The fourth-order valence-electron chi connectivity index (χ4n) is 6.22. The predicted octanol–water partition coefficient (Wildman–Crippen LogP) is 7.10. The normalized spacial score (nSPS) is 23.0. The van der Waals surface area contributed by atoms with E-state index in [1.54, 1.807) is 0 Å². The van der Waals surface area contributed by atoms with Crippen LogP contribution in [0.5, 0.6) is 0 Å². The Morgan fingerprint density at radius 2 is 1.07 bits per heavy atom. The highest BCUT2D eigenvalue weighted by molar-refractivity contribution is 7.86. The van der Waals surface area contributed by atoms with Crippen molar-refractivity contribution in [3.63, 3.8) is 0 Å². The van der Waals surface area contributed by atoms with Crippen molar-refractivity contribution in [2.75, 3.05) is 7.11 Å². The van der Waals surface area contributed by atoms with Crippen LogP contribution in [-0.4, -0.2) is 15.5 Å². The molecule has 0 aromatic heterocycles. The lowest BCUT2D eigenvalue weighted by Crippen LogP contribution is -2.19. The Labute approximate surface area is 182 Å². The van der Waals surface area contributed by atoms with Gasteiger partial charge in [0.05, 0.1) is 7.11 Å². The lowest BCUT2D eigenvalue weighted by atomic mass is 9.76. The minimum atomic E-state index is -3.94. The second-order valence-corrected chi connectivity index (χ2v) is 11.2. The van der Waals surface area contributed by atoms with Crippen molar-refractivity contribution in [3.8, 4) is 0 Å². The fourth-order valence-corrected chi connectivity index (χ4v) is 7.49. The molecule has 0 saturated heterocycles. The van der Waals surface area contributed by atoms with Gasteiger partial charge >= 0.3 is 10.1 Å². The molecule has 0 radical (unpaired) electrons. The molecule has 3 aliphatic carbocycles. The summed E-state index contributed by atoms with van der Waals surface area (Å²) in [6.07, 6.45) is 17.9. The van der Waals surface area contributed by atoms with Crippen LogP contribution in [0.3, 0.4) is 0 Å². The van der Waals surface area contributed by atoms with E-state index < -0.39 is 10.1 Å². The van der Waals surface area contributed by atoms with Gasteiger partial charge in [-0.15, -0.1) is 4.33 Å². The molecule has 3 aliphatic rings. The Kier molecular flexibility index (Phi) is 7.53. The molecular formula is C25H38O4S. The maximum absolute atomic E-state index is 13.3. The summed E-state index contributed by atoms with van der Waals surface area (Å²) in [4.78, 5) is 5.15. The minimum Gasteiger partial charge on any atom is -0.223 e. The van der Waals surface area contributed by atoms with Gasteiger partial charge in [0, 0.05) is 0 Å². The highest BCUT2D eigenvalue weighted by atomic mass is 32.2. The lowest BCUT2D eigenvalue weighted by molar-refractivity contribution is -0.172. The van der Waals surface area contributed by atoms with E-state index in [1.807, 2.05) is 0 Å². The zero-order valence-electron chi connectivity index (χ0n) is 18.5. The molecule has 5 heteroatoms. The van der Waals surface area contributed by atoms with E-state index >= 15 is 0 Å². The largest absolute Gasteiger partial charge is 0.323 e. The number of hydrogen-bond acceptors (Lipinski definition) is 4. The molecule has 0 heterocycles. The van der Waals surface area contributed by atoms with Crippen LogP contribution in [0.4, 0.5) is 0 Å². The van der Waals surface area contributed by atoms with Crippen molar-refractivity contribution in [3.05, 3.63) is 28.8 Å². The van der Waals surface area contributed by atoms with Crippen LogP contribution in [0, 0.1) is 0 Å². The van der Waals surface area contributed by atoms with Crippen LogP contribution in [-0.2, 0) is 19.3 Å². The molecule has 1 aromatic carbocycles. The monoisotopic (exact) mass is 434 g/mol. The highest BCUT2D eigenvalue weighted by Crippen LogP contribution is 2.45. The fraction of sp³-hybridized carbons (Fsp3) is 0.760. The Hall–Kier alpha value is -0.910. The zero-order chi connectivity index (χ0) is 21.0. The van der Waals surface area contributed by atoms with Gasteiger partial charge in [0.15, 0.2) is 0 Å². The van der Waals surface area contributed by atoms with Crippen LogP contribution in [0.1, 0.15) is 131 Å². The first-order chi connectivity index (χ1) is 14.6. The summed E-state index contributed by atoms with van der Waals surface area (Å²) in [5.41, 5.74) is 3.43. The average molecular weight is 435 g/mol. The third-order valence-corrected chi connectivity index (χ3v) is 9.03. The molecule has 0 amide bonds. The van der Waals surface area contributed by atoms with Gasteiger partial charge in [-0.1, -0.05) is 69.9 Å². The standard InChI is InChI=1S/C25H38O4S/c1-28-29-30(26,27)25-23(20-13-7-3-8-14-20)17-22(19-11-5-2-6-12-19)18-24(25)21-15-9-4-10-16-21/h17-21H,2-16H2,1H3. The second-order valence-electron chi connectivity index (χ2n) is 9.72. The molecule has 3 fully saturated rings. The Balaban J connectivity index is 1.86. The molecule has 4 rings (SSSR count). The lowest BCUT2D eigenvalue weighted by Gasteiger charge is -2.31. The van der Waals surface area contributed by atoms with Gasteiger partial charge in [-0.05, 0) is 73.0 Å². The van der Waals surface area contributed by atoms with E-state index in [0.717, 1.165) is 36.8 Å². The van der Waals surface area contributed by atoms with E-state index in [9.17, 15) is 8.42 Å². The first-order valence-corrected chi connectivity index (χ1v) is 13.7. The molecule has 1 aromatic rings. The van der Waals surface area contributed by atoms with E-state index in [0.29, 0.717) is 22.6 Å². The SMILES string of the molecule is COOS(=O)(=O)c1c(C2CCCCC2)cc(C2CCCCC2)cc1C1CCCCC1. The molecule has 0 atom stereocenters. The van der Waals surface area contributed by atoms with Crippen LogP contribution in [0.15, 0.2) is 17.0 Å². The summed E-state index contributed by atoms with van der Waals surface area (Å²) in [5, 5.41) is 0. The minimum absolute atomic E-state index is 0.315. The number of benzene rings is 1. The van der Waals surface area contributed by atoms with Crippen molar-refractivity contribution in [2.24, 2.45) is 0 Å². The van der Waals surface area contributed by atoms with Crippen molar-refractivity contribution in [1.29, 1.82) is 0 Å². The molecular weight excluding hydrogens is 396 g/mol. The molecule has 0 aliphatic heterocycles. The van der Waals surface area contributed by atoms with Crippen molar-refractivity contribution < 1.29 is 17.6 Å². The van der Waals surface area contributed by atoms with Gasteiger partial charge < -0.3 is 0 Å². The molecule has 0 unspecified atom stereocenters. The van der Waals surface area contributed by atoms with Crippen LogP contribution >= 0.6 is 0 Å². The van der Waals surface area contributed by atoms with Gasteiger partial charge in [0.2, 0.25) is 0 Å². The van der Waals surface area contributed by atoms with E-state index in [-0.39, 0.29) is 0 Å². The van der Waals surface area contributed by atoms with E-state index in [1.165, 1.54) is 83.3 Å². The van der Waals surface area contributed by atoms with Crippen LogP contribution in [0.2, 0.25) is 0 Å². The van der Waals surface area contributed by atoms with Crippen molar-refractivity contribution in [1.82, 2.24) is 0 Å². The molecule has 0 N–H and O–H groups in total. The molecule has 4 nitrogen and oxygen atoms in total. The van der Waals surface area contributed by atoms with Gasteiger partial charge in [-0.3, -0.25) is 0 Å². The highest BCUT2D eigenvalue weighted by Gasteiger charge is 2.34. The summed E-state index contributed by atoms with van der Waals surface area (Å²) >= 11 is 0. The summed E-state index contributed by atoms with van der Waals surface area (Å²) in [6, 6.07) is 4.51. The maximum atomic E-state index is 13.3. The Morgan fingerprint density at radius 1 is 0.667 bits per heavy atom. The summed E-state index contributed by atoms with van der Waals surface area (Å²) in [7, 11) is -2.65. The molecule has 0 spiro atoms. The van der Waals surface area contributed by atoms with Crippen LogP contribution < -0.4 is 0 Å². The molecule has 0 bridgehead atoms. The first-order valence-electron chi connectivity index (χ1n) is 12.2. The van der Waals surface area contributed by atoms with E-state index in [2.05, 4.69) is 12.1 Å². The Bertz CT molecular complexity index is 759. The quantitative estimate of drug-likeness (QED) is 0.354. The van der Waals surface area contributed by atoms with Gasteiger partial charge in [0.25, 0.3) is 0 Å². The third kappa shape index (κ3) is 4.94. The van der Waals surface area contributed by atoms with E-state index in [4.69, 9.17) is 9.22 Å². The summed E-state index contributed by atoms with van der Waals surface area (Å²) in [6.45, 7) is 0. The summed E-state index contributed by atoms with van der Waals surface area (Å²) in [5.74, 6) is 1.20. The number of hydrogen-bond donors (Lipinski definition) is 0. The summed E-state index contributed by atoms with van der Waals surface area (Å²) < 4.78 is 31.5. The zero-order valence-corrected chi connectivity index (χ0v) is 19.4. The predicted molar refractivity (Wildman–Crippen MR) is 119 cm³/mol. The smallest absolute Gasteiger partial charge is 0.223 e. The molecule has 30 heavy (non-hydrogen) atoms. The van der Waals surface area contributed by atoms with Gasteiger partial charge in [-0.25, -0.2) is 4.89 Å². The Morgan fingerprint density at radius 3 is 1.47 bits per heavy atom. The van der Waals surface area contributed by atoms with Crippen molar-refractivity contribution >= 4 is 10.1 Å². The topological polar surface area (TPSA) is 52.6 Å². The first kappa shape index (κ1) is 22.3. The van der Waals surface area contributed by atoms with Gasteiger partial charge in [0.1, 0.15) is 4.90 Å². The third-order valence-electron chi connectivity index (χ3n) is 7.74. The average Bonchev–Trinajstić information content (AvgIpc) is 2.80. The van der Waals surface area contributed by atoms with Crippen LogP contribution in [0.25, 0.3) is 0 Å². The second kappa shape index (κ2) is 10.1.